The molecule has 0 heterocycles. The van der Waals surface area contributed by atoms with Gasteiger partial charge in [0.05, 0.1) is 0 Å². The minimum Gasteiger partial charge on any atom is -0.307 e. The molecule has 0 aliphatic heterocycles. The Bertz CT molecular complexity index is 37.7. The van der Waals surface area contributed by atoms with Crippen LogP contribution in [0.4, 0.5) is 0 Å². The van der Waals surface area contributed by atoms with Gasteiger partial charge in [-0.1, -0.05) is 38.5 Å². The SMILES string of the molecule is C1CCCCC1.C=O.C=O. The van der Waals surface area contributed by atoms with Gasteiger partial charge in [0.15, 0.2) is 0 Å². The Morgan fingerprint density at radius 3 is 0.700 bits per heavy atom. The molecule has 0 radical (unpaired) electrons. The molecule has 1 rings (SSSR count). The van der Waals surface area contributed by atoms with E-state index in [4.69, 9.17) is 9.59 Å². The van der Waals surface area contributed by atoms with E-state index < -0.39 is 0 Å². The van der Waals surface area contributed by atoms with E-state index in [9.17, 15) is 0 Å². The molecule has 2 nitrogen and oxygen atoms in total. The second-order valence-electron chi connectivity index (χ2n) is 2.12. The maximum atomic E-state index is 8.00. The van der Waals surface area contributed by atoms with Crippen molar-refractivity contribution in [2.24, 2.45) is 0 Å². The van der Waals surface area contributed by atoms with Crippen LogP contribution in [-0.2, 0) is 9.59 Å². The minimum atomic E-state index is 1.50. The topological polar surface area (TPSA) is 34.1 Å². The Morgan fingerprint density at radius 1 is 0.500 bits per heavy atom. The standard InChI is InChI=1S/C6H12.2CH2O/c1-2-4-6-5-3-1;2*1-2/h1-6H2;2*1H2. The molecule has 0 aromatic carbocycles. The summed E-state index contributed by atoms with van der Waals surface area (Å²) in [6, 6.07) is 0. The second-order valence-corrected chi connectivity index (χ2v) is 2.12. The first-order chi connectivity index (χ1) is 5.00. The van der Waals surface area contributed by atoms with Gasteiger partial charge in [-0.15, -0.1) is 0 Å². The van der Waals surface area contributed by atoms with Gasteiger partial charge in [-0.2, -0.15) is 0 Å². The van der Waals surface area contributed by atoms with Crippen molar-refractivity contribution in [3.05, 3.63) is 0 Å². The van der Waals surface area contributed by atoms with Crippen molar-refractivity contribution in [1.29, 1.82) is 0 Å². The highest BCUT2D eigenvalue weighted by atomic mass is 16.1. The predicted molar refractivity (Wildman–Crippen MR) is 41.9 cm³/mol. The molecule has 60 valence electrons. The molecule has 0 aromatic rings. The van der Waals surface area contributed by atoms with Gasteiger partial charge in [-0.25, -0.2) is 0 Å². The Balaban J connectivity index is 0. The van der Waals surface area contributed by atoms with Crippen molar-refractivity contribution in [1.82, 2.24) is 0 Å². The van der Waals surface area contributed by atoms with Crippen LogP contribution >= 0.6 is 0 Å². The molecule has 0 aromatic heterocycles. The monoisotopic (exact) mass is 144 g/mol. The molecule has 1 aliphatic rings. The fourth-order valence-corrected chi connectivity index (χ4v) is 1.06. The number of carbonyl (C=O) groups excluding carboxylic acids is 2. The maximum Gasteiger partial charge on any atom is 0.106 e. The van der Waals surface area contributed by atoms with Crippen molar-refractivity contribution >= 4 is 13.6 Å². The summed E-state index contributed by atoms with van der Waals surface area (Å²) in [4.78, 5) is 16.0. The summed E-state index contributed by atoms with van der Waals surface area (Å²) in [6.07, 6.45) is 9.00. The average Bonchev–Trinajstić information content (AvgIpc) is 2.14. The predicted octanol–water partition coefficient (Wildman–Crippen LogP) is 1.97. The third kappa shape index (κ3) is 10.3. The Kier molecular flexibility index (Phi) is 19.0. The van der Waals surface area contributed by atoms with Crippen molar-refractivity contribution in [2.45, 2.75) is 38.5 Å². The van der Waals surface area contributed by atoms with E-state index in [-0.39, 0.29) is 0 Å². The van der Waals surface area contributed by atoms with E-state index in [1.54, 1.807) is 0 Å². The fraction of sp³-hybridized carbons (Fsp3) is 0.750. The molecule has 0 amide bonds. The van der Waals surface area contributed by atoms with Crippen LogP contribution in [0.15, 0.2) is 0 Å². The fourth-order valence-electron chi connectivity index (χ4n) is 1.06. The molecular formula is C8H16O2. The summed E-state index contributed by atoms with van der Waals surface area (Å²) >= 11 is 0. The lowest BCUT2D eigenvalue weighted by molar-refractivity contribution is -0.0987. The second kappa shape index (κ2) is 15.8. The molecule has 0 spiro atoms. The Labute approximate surface area is 62.6 Å². The van der Waals surface area contributed by atoms with Crippen molar-refractivity contribution < 1.29 is 9.59 Å². The first-order valence-electron chi connectivity index (χ1n) is 3.58. The molecule has 2 heteroatoms. The maximum absolute atomic E-state index is 8.00. The van der Waals surface area contributed by atoms with E-state index in [0.717, 1.165) is 0 Å². The minimum absolute atomic E-state index is 1.50. The molecule has 0 unspecified atom stereocenters. The van der Waals surface area contributed by atoms with Crippen LogP contribution in [0.1, 0.15) is 38.5 Å². The van der Waals surface area contributed by atoms with Gasteiger partial charge in [0, 0.05) is 0 Å². The van der Waals surface area contributed by atoms with Gasteiger partial charge in [0.25, 0.3) is 0 Å². The molecule has 0 saturated heterocycles. The van der Waals surface area contributed by atoms with Crippen LogP contribution in [0.25, 0.3) is 0 Å². The van der Waals surface area contributed by atoms with Crippen LogP contribution in [0.2, 0.25) is 0 Å². The van der Waals surface area contributed by atoms with Gasteiger partial charge in [0.2, 0.25) is 0 Å². The summed E-state index contributed by atoms with van der Waals surface area (Å²) in [7, 11) is 0. The first-order valence-corrected chi connectivity index (χ1v) is 3.58. The third-order valence-corrected chi connectivity index (χ3v) is 1.50. The number of hydrogen-bond donors (Lipinski definition) is 0. The van der Waals surface area contributed by atoms with E-state index in [0.29, 0.717) is 0 Å². The van der Waals surface area contributed by atoms with Crippen LogP contribution in [0.3, 0.4) is 0 Å². The summed E-state index contributed by atoms with van der Waals surface area (Å²) < 4.78 is 0. The van der Waals surface area contributed by atoms with Crippen molar-refractivity contribution in [3.8, 4) is 0 Å². The number of carbonyl (C=O) groups is 2. The summed E-state index contributed by atoms with van der Waals surface area (Å²) in [5.41, 5.74) is 0. The van der Waals surface area contributed by atoms with Gasteiger partial charge >= 0.3 is 0 Å². The zero-order valence-corrected chi connectivity index (χ0v) is 6.47. The van der Waals surface area contributed by atoms with E-state index in [1.165, 1.54) is 38.5 Å². The molecule has 0 N–H and O–H groups in total. The number of hydrogen-bond acceptors (Lipinski definition) is 2. The molecule has 10 heavy (non-hydrogen) atoms. The van der Waals surface area contributed by atoms with E-state index >= 15 is 0 Å². The van der Waals surface area contributed by atoms with Crippen molar-refractivity contribution in [3.63, 3.8) is 0 Å². The largest absolute Gasteiger partial charge is 0.307 e. The zero-order valence-electron chi connectivity index (χ0n) is 6.47. The Morgan fingerprint density at radius 2 is 0.600 bits per heavy atom. The van der Waals surface area contributed by atoms with Crippen LogP contribution in [0, 0.1) is 0 Å². The average molecular weight is 144 g/mol. The first kappa shape index (κ1) is 12.1. The van der Waals surface area contributed by atoms with E-state index in [1.807, 2.05) is 13.6 Å². The molecule has 0 bridgehead atoms. The third-order valence-electron chi connectivity index (χ3n) is 1.50. The lowest BCUT2D eigenvalue weighted by Crippen LogP contribution is -1.85. The smallest absolute Gasteiger partial charge is 0.106 e. The molecule has 1 saturated carbocycles. The molecule has 0 atom stereocenters. The van der Waals surface area contributed by atoms with Crippen molar-refractivity contribution in [2.75, 3.05) is 0 Å². The normalized spacial score (nSPS) is 15.2. The summed E-state index contributed by atoms with van der Waals surface area (Å²) in [5, 5.41) is 0. The van der Waals surface area contributed by atoms with Crippen LogP contribution < -0.4 is 0 Å². The van der Waals surface area contributed by atoms with Crippen LogP contribution in [0.5, 0.6) is 0 Å². The lowest BCUT2D eigenvalue weighted by Gasteiger charge is -2.05. The summed E-state index contributed by atoms with van der Waals surface area (Å²) in [6.45, 7) is 4.00. The molecule has 1 aliphatic carbocycles. The Hall–Kier alpha value is -0.660. The number of rotatable bonds is 0. The van der Waals surface area contributed by atoms with Gasteiger partial charge in [0.1, 0.15) is 13.6 Å². The summed E-state index contributed by atoms with van der Waals surface area (Å²) in [5.74, 6) is 0. The molecule has 1 fully saturated rings. The van der Waals surface area contributed by atoms with E-state index in [2.05, 4.69) is 0 Å². The lowest BCUT2D eigenvalue weighted by atomic mass is 10.0. The van der Waals surface area contributed by atoms with Gasteiger partial charge in [-0.05, 0) is 0 Å². The molecular weight excluding hydrogens is 128 g/mol. The highest BCUT2D eigenvalue weighted by Crippen LogP contribution is 2.15. The highest BCUT2D eigenvalue weighted by Gasteiger charge is 1.95. The van der Waals surface area contributed by atoms with Crippen LogP contribution in [-0.4, -0.2) is 13.6 Å². The van der Waals surface area contributed by atoms with Gasteiger partial charge in [-0.3, -0.25) is 0 Å². The van der Waals surface area contributed by atoms with Gasteiger partial charge < -0.3 is 9.59 Å². The zero-order chi connectivity index (χ0) is 8.24. The highest BCUT2D eigenvalue weighted by molar-refractivity contribution is 5.11. The quantitative estimate of drug-likeness (QED) is 0.521.